The molecule has 3 aromatic carbocycles. The van der Waals surface area contributed by atoms with E-state index in [1.807, 2.05) is 49.4 Å². The van der Waals surface area contributed by atoms with Gasteiger partial charge in [-0.3, -0.25) is 4.79 Å². The first-order valence-electron chi connectivity index (χ1n) is 9.42. The van der Waals surface area contributed by atoms with Gasteiger partial charge < -0.3 is 18.9 Å². The van der Waals surface area contributed by atoms with Gasteiger partial charge in [0.05, 0.1) is 12.7 Å². The van der Waals surface area contributed by atoms with E-state index in [0.29, 0.717) is 30.0 Å². The molecule has 0 aliphatic carbocycles. The Hall–Kier alpha value is -3.80. The van der Waals surface area contributed by atoms with Gasteiger partial charge in [-0.1, -0.05) is 30.3 Å². The lowest BCUT2D eigenvalue weighted by atomic mass is 10.1. The molecule has 0 unspecified atom stereocenters. The van der Waals surface area contributed by atoms with E-state index in [-0.39, 0.29) is 29.2 Å². The van der Waals surface area contributed by atoms with Crippen molar-refractivity contribution in [2.75, 3.05) is 7.11 Å². The van der Waals surface area contributed by atoms with Crippen LogP contribution in [-0.2, 0) is 18.0 Å². The monoisotopic (exact) mass is 404 g/mol. The number of ether oxygens (including phenoxy) is 4. The zero-order valence-electron chi connectivity index (χ0n) is 16.6. The average Bonchev–Trinajstić information content (AvgIpc) is 2.76. The fourth-order valence-corrected chi connectivity index (χ4v) is 3.38. The minimum atomic E-state index is -0.621. The third kappa shape index (κ3) is 3.72. The summed E-state index contributed by atoms with van der Waals surface area (Å²) in [5.41, 5.74) is 2.97. The molecule has 6 heteroatoms. The number of benzene rings is 3. The van der Waals surface area contributed by atoms with Gasteiger partial charge in [0.2, 0.25) is 0 Å². The van der Waals surface area contributed by atoms with Gasteiger partial charge in [-0.25, -0.2) is 4.79 Å². The molecule has 6 nitrogen and oxygen atoms in total. The van der Waals surface area contributed by atoms with E-state index in [1.165, 1.54) is 13.2 Å². The number of hydrogen-bond acceptors (Lipinski definition) is 6. The minimum absolute atomic E-state index is 0.00541. The highest BCUT2D eigenvalue weighted by atomic mass is 16.6. The summed E-state index contributed by atoms with van der Waals surface area (Å²) >= 11 is 0. The molecule has 152 valence electrons. The maximum absolute atomic E-state index is 12.7. The molecule has 0 fully saturated rings. The van der Waals surface area contributed by atoms with Crippen molar-refractivity contribution >= 4 is 12.3 Å². The highest BCUT2D eigenvalue weighted by Gasteiger charge is 2.28. The fraction of sp³-hybridized carbons (Fsp3) is 0.167. The Bertz CT molecular complexity index is 1100. The molecule has 3 aromatic rings. The number of fused-ring (bicyclic) bond motifs is 2. The van der Waals surface area contributed by atoms with Crippen molar-refractivity contribution < 1.29 is 28.5 Å². The standard InChI is InChI=1S/C24H20O6/c1-15-10-18-14-29-24(26)21-19(9-8-17(12-25)23(21)27-2)30-22(18)20(11-15)28-13-16-6-4-3-5-7-16/h3-12H,13-14H2,1-2H3. The quantitative estimate of drug-likeness (QED) is 0.447. The topological polar surface area (TPSA) is 71.1 Å². The predicted octanol–water partition coefficient (Wildman–Crippen LogP) is 4.86. The SMILES string of the molecule is COc1c(C=O)ccc2c1C(=O)OCc1cc(C)cc(OCc3ccccc3)c1O2. The molecule has 4 rings (SSSR count). The van der Waals surface area contributed by atoms with E-state index in [1.54, 1.807) is 6.07 Å². The summed E-state index contributed by atoms with van der Waals surface area (Å²) < 4.78 is 23.0. The van der Waals surface area contributed by atoms with Gasteiger partial charge in [0, 0.05) is 5.56 Å². The number of cyclic esters (lactones) is 1. The number of rotatable bonds is 5. The van der Waals surface area contributed by atoms with Crippen molar-refractivity contribution in [3.63, 3.8) is 0 Å². The predicted molar refractivity (Wildman–Crippen MR) is 110 cm³/mol. The molecule has 0 bridgehead atoms. The lowest BCUT2D eigenvalue weighted by Gasteiger charge is -2.22. The number of esters is 1. The lowest BCUT2D eigenvalue weighted by molar-refractivity contribution is 0.0454. The summed E-state index contributed by atoms with van der Waals surface area (Å²) in [5.74, 6) is 0.735. The number of aryl methyl sites for hydroxylation is 1. The van der Waals surface area contributed by atoms with Crippen LogP contribution in [0.4, 0.5) is 0 Å². The van der Waals surface area contributed by atoms with E-state index < -0.39 is 5.97 Å². The van der Waals surface area contributed by atoms with Crippen LogP contribution in [0.3, 0.4) is 0 Å². The van der Waals surface area contributed by atoms with Crippen molar-refractivity contribution in [1.29, 1.82) is 0 Å². The number of carbonyl (C=O) groups is 2. The maximum atomic E-state index is 12.7. The molecule has 0 saturated heterocycles. The second-order valence-corrected chi connectivity index (χ2v) is 6.88. The summed E-state index contributed by atoms with van der Waals surface area (Å²) in [6.07, 6.45) is 0.622. The first-order valence-corrected chi connectivity index (χ1v) is 9.42. The molecule has 1 heterocycles. The van der Waals surface area contributed by atoms with Crippen LogP contribution in [0.25, 0.3) is 0 Å². The van der Waals surface area contributed by atoms with Crippen LogP contribution in [0.15, 0.2) is 54.6 Å². The summed E-state index contributed by atoms with van der Waals surface area (Å²) in [7, 11) is 1.39. The van der Waals surface area contributed by atoms with Crippen molar-refractivity contribution in [2.45, 2.75) is 20.1 Å². The Balaban J connectivity index is 1.77. The molecule has 0 saturated carbocycles. The molecule has 1 aliphatic heterocycles. The number of carbonyl (C=O) groups excluding carboxylic acids is 2. The minimum Gasteiger partial charge on any atom is -0.495 e. The van der Waals surface area contributed by atoms with Gasteiger partial charge >= 0.3 is 5.97 Å². The Morgan fingerprint density at radius 1 is 1.10 bits per heavy atom. The molecule has 0 amide bonds. The van der Waals surface area contributed by atoms with Crippen LogP contribution < -0.4 is 14.2 Å². The summed E-state index contributed by atoms with van der Waals surface area (Å²) in [4.78, 5) is 24.0. The molecule has 0 radical (unpaired) electrons. The zero-order valence-corrected chi connectivity index (χ0v) is 16.6. The molecule has 0 spiro atoms. The normalized spacial score (nSPS) is 12.4. The largest absolute Gasteiger partial charge is 0.495 e. The van der Waals surface area contributed by atoms with E-state index in [0.717, 1.165) is 11.1 Å². The molecule has 30 heavy (non-hydrogen) atoms. The van der Waals surface area contributed by atoms with Crippen LogP contribution in [0.1, 0.15) is 37.4 Å². The number of methoxy groups -OCH3 is 1. The Morgan fingerprint density at radius 3 is 2.63 bits per heavy atom. The van der Waals surface area contributed by atoms with Crippen molar-refractivity contribution in [3.8, 4) is 23.0 Å². The molecular formula is C24H20O6. The first kappa shape index (κ1) is 19.5. The Kier molecular flexibility index (Phi) is 5.39. The van der Waals surface area contributed by atoms with Crippen LogP contribution >= 0.6 is 0 Å². The van der Waals surface area contributed by atoms with E-state index in [9.17, 15) is 9.59 Å². The van der Waals surface area contributed by atoms with Gasteiger partial charge in [0.25, 0.3) is 0 Å². The summed E-state index contributed by atoms with van der Waals surface area (Å²) in [6, 6.07) is 16.7. The van der Waals surface area contributed by atoms with Crippen LogP contribution in [-0.4, -0.2) is 19.4 Å². The van der Waals surface area contributed by atoms with Crippen molar-refractivity contribution in [3.05, 3.63) is 82.4 Å². The second kappa shape index (κ2) is 8.29. The first-order chi connectivity index (χ1) is 14.6. The fourth-order valence-electron chi connectivity index (χ4n) is 3.38. The van der Waals surface area contributed by atoms with Crippen molar-refractivity contribution in [1.82, 2.24) is 0 Å². The van der Waals surface area contributed by atoms with Crippen LogP contribution in [0, 0.1) is 6.92 Å². The van der Waals surface area contributed by atoms with E-state index in [4.69, 9.17) is 18.9 Å². The van der Waals surface area contributed by atoms with Gasteiger partial charge in [-0.05, 0) is 42.3 Å². The summed E-state index contributed by atoms with van der Waals surface area (Å²) in [6.45, 7) is 2.30. The Labute approximate surface area is 174 Å². The third-order valence-corrected chi connectivity index (χ3v) is 4.77. The molecule has 1 aliphatic rings. The van der Waals surface area contributed by atoms with Crippen LogP contribution in [0.2, 0.25) is 0 Å². The van der Waals surface area contributed by atoms with Gasteiger partial charge in [0.1, 0.15) is 30.3 Å². The Morgan fingerprint density at radius 2 is 1.90 bits per heavy atom. The molecule has 0 atom stereocenters. The van der Waals surface area contributed by atoms with Gasteiger partial charge in [-0.2, -0.15) is 0 Å². The smallest absolute Gasteiger partial charge is 0.346 e. The van der Waals surface area contributed by atoms with Gasteiger partial charge in [-0.15, -0.1) is 0 Å². The second-order valence-electron chi connectivity index (χ2n) is 6.88. The van der Waals surface area contributed by atoms with Crippen LogP contribution in [0.5, 0.6) is 23.0 Å². The van der Waals surface area contributed by atoms with E-state index in [2.05, 4.69) is 0 Å². The van der Waals surface area contributed by atoms with Crippen molar-refractivity contribution in [2.24, 2.45) is 0 Å². The maximum Gasteiger partial charge on any atom is 0.346 e. The van der Waals surface area contributed by atoms with Gasteiger partial charge in [0.15, 0.2) is 17.8 Å². The number of hydrogen-bond donors (Lipinski definition) is 0. The molecular weight excluding hydrogens is 384 g/mol. The molecule has 0 aromatic heterocycles. The zero-order chi connectivity index (χ0) is 21.1. The third-order valence-electron chi connectivity index (χ3n) is 4.77. The molecule has 0 N–H and O–H groups in total. The summed E-state index contributed by atoms with van der Waals surface area (Å²) in [5, 5.41) is 0. The van der Waals surface area contributed by atoms with E-state index >= 15 is 0 Å². The highest BCUT2D eigenvalue weighted by Crippen LogP contribution is 2.43. The lowest BCUT2D eigenvalue weighted by Crippen LogP contribution is -2.14. The number of aldehydes is 1. The average molecular weight is 404 g/mol. The highest BCUT2D eigenvalue weighted by molar-refractivity contribution is 5.99.